The Kier molecular flexibility index (Phi) is 3.35. The molecule has 1 heterocycles. The van der Waals surface area contributed by atoms with Crippen molar-refractivity contribution in [2.24, 2.45) is 10.9 Å². The van der Waals surface area contributed by atoms with Gasteiger partial charge in [0.2, 0.25) is 0 Å². The Morgan fingerprint density at radius 2 is 1.94 bits per heavy atom. The second-order valence-electron chi connectivity index (χ2n) is 3.70. The van der Waals surface area contributed by atoms with E-state index < -0.39 is 0 Å². The molecule has 0 radical (unpaired) electrons. The van der Waals surface area contributed by atoms with E-state index in [0.717, 1.165) is 12.0 Å². The van der Waals surface area contributed by atoms with Gasteiger partial charge in [0.05, 0.1) is 0 Å². The Balaban J connectivity index is 2.23. The van der Waals surface area contributed by atoms with Crippen LogP contribution in [-0.2, 0) is 6.42 Å². The maximum Gasteiger partial charge on any atom is 0.188 e. The number of hydrogen-bond donors (Lipinski definition) is 2. The van der Waals surface area contributed by atoms with E-state index in [1.165, 1.54) is 5.56 Å². The molecule has 0 aliphatic carbocycles. The van der Waals surface area contributed by atoms with Crippen molar-refractivity contribution in [1.29, 1.82) is 0 Å². The molecule has 1 aromatic carbocycles. The molecule has 0 atom stereocenters. The number of nitrogens with zero attached hydrogens (tertiary/aromatic N) is 2. The zero-order chi connectivity index (χ0) is 12.1. The van der Waals surface area contributed by atoms with Crippen LogP contribution in [0.5, 0.6) is 0 Å². The van der Waals surface area contributed by atoms with Crippen molar-refractivity contribution in [3.8, 4) is 0 Å². The Hall–Kier alpha value is -2.36. The number of hydrogen-bond acceptors (Lipinski definition) is 3. The zero-order valence-electron chi connectivity index (χ0n) is 9.24. The summed E-state index contributed by atoms with van der Waals surface area (Å²) in [4.78, 5) is 4.04. The molecule has 4 nitrogen and oxygen atoms in total. The quantitative estimate of drug-likeness (QED) is 0.363. The summed E-state index contributed by atoms with van der Waals surface area (Å²) in [6.07, 6.45) is 2.46. The number of benzene rings is 1. The van der Waals surface area contributed by atoms with E-state index in [0.29, 0.717) is 5.69 Å². The molecular weight excluding hydrogens is 214 g/mol. The largest absolute Gasteiger partial charge is 0.409 e. The van der Waals surface area contributed by atoms with Crippen molar-refractivity contribution < 1.29 is 5.21 Å². The van der Waals surface area contributed by atoms with Crippen molar-refractivity contribution in [1.82, 2.24) is 4.98 Å². The number of oxime groups is 1. The van der Waals surface area contributed by atoms with Gasteiger partial charge >= 0.3 is 0 Å². The molecule has 2 aromatic rings. The highest BCUT2D eigenvalue weighted by molar-refractivity contribution is 5.95. The number of nitrogens with two attached hydrogens (primary N) is 1. The lowest BCUT2D eigenvalue weighted by atomic mass is 10.1. The molecular formula is C13H13N3O. The SMILES string of the molecule is N/C(=N\O)c1cc(Cc2ccccc2)ccn1. The highest BCUT2D eigenvalue weighted by Crippen LogP contribution is 2.09. The van der Waals surface area contributed by atoms with Crippen LogP contribution in [0.15, 0.2) is 53.8 Å². The smallest absolute Gasteiger partial charge is 0.188 e. The lowest BCUT2D eigenvalue weighted by Gasteiger charge is -2.03. The third-order valence-corrected chi connectivity index (χ3v) is 2.45. The summed E-state index contributed by atoms with van der Waals surface area (Å²) in [5.74, 6) is 0.0277. The lowest BCUT2D eigenvalue weighted by Crippen LogP contribution is -2.15. The summed E-state index contributed by atoms with van der Waals surface area (Å²) < 4.78 is 0. The fraction of sp³-hybridized carbons (Fsp3) is 0.0769. The molecule has 0 unspecified atom stereocenters. The standard InChI is InChI=1S/C13H13N3O/c14-13(16-17)12-9-11(6-7-15-12)8-10-4-2-1-3-5-10/h1-7,9,17H,8H2,(H2,14,16). The zero-order valence-corrected chi connectivity index (χ0v) is 9.24. The van der Waals surface area contributed by atoms with Crippen molar-refractivity contribution in [3.63, 3.8) is 0 Å². The average molecular weight is 227 g/mol. The van der Waals surface area contributed by atoms with E-state index in [2.05, 4.69) is 22.3 Å². The molecule has 0 bridgehead atoms. The van der Waals surface area contributed by atoms with Crippen molar-refractivity contribution in [2.75, 3.05) is 0 Å². The van der Waals surface area contributed by atoms with Crippen LogP contribution in [0, 0.1) is 0 Å². The first-order valence-electron chi connectivity index (χ1n) is 5.26. The van der Waals surface area contributed by atoms with Crippen LogP contribution in [0.1, 0.15) is 16.8 Å². The topological polar surface area (TPSA) is 71.5 Å². The number of amidine groups is 1. The van der Waals surface area contributed by atoms with Crippen LogP contribution in [0.25, 0.3) is 0 Å². The van der Waals surface area contributed by atoms with Gasteiger partial charge in [0.25, 0.3) is 0 Å². The molecule has 0 fully saturated rings. The van der Waals surface area contributed by atoms with Crippen LogP contribution in [0.2, 0.25) is 0 Å². The fourth-order valence-electron chi connectivity index (χ4n) is 1.61. The second-order valence-corrected chi connectivity index (χ2v) is 3.70. The summed E-state index contributed by atoms with van der Waals surface area (Å²) in [6.45, 7) is 0. The molecule has 2 rings (SSSR count). The van der Waals surface area contributed by atoms with Gasteiger partial charge in [-0.2, -0.15) is 0 Å². The monoisotopic (exact) mass is 227 g/mol. The Labute approximate surface area is 99.4 Å². The van der Waals surface area contributed by atoms with Gasteiger partial charge in [-0.1, -0.05) is 35.5 Å². The van der Waals surface area contributed by atoms with Crippen molar-refractivity contribution in [2.45, 2.75) is 6.42 Å². The van der Waals surface area contributed by atoms with Crippen LogP contribution >= 0.6 is 0 Å². The molecule has 0 saturated carbocycles. The normalized spacial score (nSPS) is 11.4. The first-order chi connectivity index (χ1) is 8.29. The van der Waals surface area contributed by atoms with E-state index in [4.69, 9.17) is 10.9 Å². The molecule has 86 valence electrons. The van der Waals surface area contributed by atoms with Crippen LogP contribution in [0.4, 0.5) is 0 Å². The van der Waals surface area contributed by atoms with E-state index in [1.807, 2.05) is 30.3 Å². The van der Waals surface area contributed by atoms with Gasteiger partial charge in [0.1, 0.15) is 5.69 Å². The second kappa shape index (κ2) is 5.12. The van der Waals surface area contributed by atoms with Gasteiger partial charge in [0.15, 0.2) is 5.84 Å². The third-order valence-electron chi connectivity index (χ3n) is 2.45. The minimum Gasteiger partial charge on any atom is -0.409 e. The van der Waals surface area contributed by atoms with Crippen molar-refractivity contribution in [3.05, 3.63) is 65.5 Å². The summed E-state index contributed by atoms with van der Waals surface area (Å²) in [5.41, 5.74) is 8.27. The molecule has 0 aliphatic heterocycles. The average Bonchev–Trinajstić information content (AvgIpc) is 2.39. The van der Waals surface area contributed by atoms with Gasteiger partial charge in [-0.25, -0.2) is 0 Å². The van der Waals surface area contributed by atoms with Crippen LogP contribution in [-0.4, -0.2) is 16.0 Å². The summed E-state index contributed by atoms with van der Waals surface area (Å²) in [5, 5.41) is 11.5. The predicted molar refractivity (Wildman–Crippen MR) is 66.0 cm³/mol. The third kappa shape index (κ3) is 2.81. The minimum atomic E-state index is 0.0277. The van der Waals surface area contributed by atoms with E-state index in [-0.39, 0.29) is 5.84 Å². The van der Waals surface area contributed by atoms with E-state index >= 15 is 0 Å². The van der Waals surface area contributed by atoms with Gasteiger partial charge in [-0.05, 0) is 29.7 Å². The molecule has 3 N–H and O–H groups in total. The van der Waals surface area contributed by atoms with E-state index in [1.54, 1.807) is 6.20 Å². The van der Waals surface area contributed by atoms with Gasteiger partial charge in [0, 0.05) is 6.20 Å². The number of pyridine rings is 1. The van der Waals surface area contributed by atoms with E-state index in [9.17, 15) is 0 Å². The summed E-state index contributed by atoms with van der Waals surface area (Å²) in [6, 6.07) is 13.8. The molecule has 0 spiro atoms. The number of rotatable bonds is 3. The highest BCUT2D eigenvalue weighted by Gasteiger charge is 2.02. The number of aromatic nitrogens is 1. The van der Waals surface area contributed by atoms with Gasteiger partial charge in [-0.3, -0.25) is 4.98 Å². The minimum absolute atomic E-state index is 0.0277. The fourth-order valence-corrected chi connectivity index (χ4v) is 1.61. The van der Waals surface area contributed by atoms with Gasteiger partial charge in [-0.15, -0.1) is 0 Å². The van der Waals surface area contributed by atoms with Crippen LogP contribution in [0.3, 0.4) is 0 Å². The summed E-state index contributed by atoms with van der Waals surface area (Å²) >= 11 is 0. The Morgan fingerprint density at radius 1 is 1.18 bits per heavy atom. The molecule has 0 aliphatic rings. The summed E-state index contributed by atoms with van der Waals surface area (Å²) in [7, 11) is 0. The van der Waals surface area contributed by atoms with Gasteiger partial charge < -0.3 is 10.9 Å². The Bertz CT molecular complexity index is 523. The first kappa shape index (κ1) is 11.1. The maximum absolute atomic E-state index is 8.59. The van der Waals surface area contributed by atoms with Crippen molar-refractivity contribution >= 4 is 5.84 Å². The highest BCUT2D eigenvalue weighted by atomic mass is 16.4. The van der Waals surface area contributed by atoms with Crippen LogP contribution < -0.4 is 5.73 Å². The molecule has 1 aromatic heterocycles. The molecule has 17 heavy (non-hydrogen) atoms. The lowest BCUT2D eigenvalue weighted by molar-refractivity contribution is 0.318. The predicted octanol–water partition coefficient (Wildman–Crippen LogP) is 1.77. The molecule has 0 saturated heterocycles. The molecule has 0 amide bonds. The maximum atomic E-state index is 8.59. The Morgan fingerprint density at radius 3 is 2.65 bits per heavy atom. The molecule has 4 heteroatoms. The first-order valence-corrected chi connectivity index (χ1v) is 5.26.